The summed E-state index contributed by atoms with van der Waals surface area (Å²) in [5.41, 5.74) is 0.500. The summed E-state index contributed by atoms with van der Waals surface area (Å²) in [6.07, 6.45) is 0.388. The van der Waals surface area contributed by atoms with Gasteiger partial charge >= 0.3 is 5.97 Å². The molecule has 1 aliphatic rings. The number of carbonyl (C=O) groups excluding carboxylic acids is 2. The topological polar surface area (TPSA) is 105 Å². The van der Waals surface area contributed by atoms with Gasteiger partial charge in [0.1, 0.15) is 5.75 Å². The van der Waals surface area contributed by atoms with Crippen molar-refractivity contribution in [1.82, 2.24) is 10.6 Å². The summed E-state index contributed by atoms with van der Waals surface area (Å²) in [6.45, 7) is 0.546. The monoisotopic (exact) mass is 306 g/mol. The molecule has 1 aromatic carbocycles. The van der Waals surface area contributed by atoms with E-state index in [-0.39, 0.29) is 24.9 Å². The zero-order chi connectivity index (χ0) is 16.1. The van der Waals surface area contributed by atoms with Gasteiger partial charge in [0.05, 0.1) is 18.9 Å². The van der Waals surface area contributed by atoms with Crippen LogP contribution in [0, 0.1) is 11.8 Å². The average Bonchev–Trinajstić information content (AvgIpc) is 3.32. The van der Waals surface area contributed by atoms with Crippen LogP contribution in [0.4, 0.5) is 0 Å². The first kappa shape index (κ1) is 15.8. The van der Waals surface area contributed by atoms with Crippen molar-refractivity contribution in [2.75, 3.05) is 20.2 Å². The number of carbonyl (C=O) groups is 3. The third-order valence-electron chi connectivity index (χ3n) is 3.51. The van der Waals surface area contributed by atoms with Gasteiger partial charge in [0, 0.05) is 18.7 Å². The van der Waals surface area contributed by atoms with Gasteiger partial charge in [0.15, 0.2) is 0 Å². The smallest absolute Gasteiger partial charge is 0.307 e. The molecule has 0 aliphatic heterocycles. The second-order valence-electron chi connectivity index (χ2n) is 5.06. The predicted molar refractivity (Wildman–Crippen MR) is 77.6 cm³/mol. The van der Waals surface area contributed by atoms with E-state index in [1.807, 2.05) is 0 Å². The Balaban J connectivity index is 1.67. The summed E-state index contributed by atoms with van der Waals surface area (Å²) in [4.78, 5) is 34.1. The third kappa shape index (κ3) is 3.97. The van der Waals surface area contributed by atoms with Crippen LogP contribution in [0.3, 0.4) is 0 Å². The number of methoxy groups -OCH3 is 1. The molecule has 2 atom stereocenters. The molecule has 0 aromatic heterocycles. The van der Waals surface area contributed by atoms with Crippen molar-refractivity contribution in [1.29, 1.82) is 0 Å². The quantitative estimate of drug-likeness (QED) is 0.627. The average molecular weight is 306 g/mol. The van der Waals surface area contributed by atoms with Crippen LogP contribution < -0.4 is 15.4 Å². The largest absolute Gasteiger partial charge is 0.497 e. The molecule has 2 unspecified atom stereocenters. The number of benzene rings is 1. The van der Waals surface area contributed by atoms with Gasteiger partial charge in [-0.15, -0.1) is 0 Å². The van der Waals surface area contributed by atoms with Gasteiger partial charge in [0.2, 0.25) is 5.91 Å². The Bertz CT molecular complexity index is 570. The van der Waals surface area contributed by atoms with Crippen molar-refractivity contribution >= 4 is 17.8 Å². The number of ether oxygens (including phenoxy) is 1. The minimum absolute atomic E-state index is 0.244. The summed E-state index contributed by atoms with van der Waals surface area (Å²) >= 11 is 0. The molecule has 2 amide bonds. The normalized spacial score (nSPS) is 19.1. The number of rotatable bonds is 7. The molecule has 3 N–H and O–H groups in total. The van der Waals surface area contributed by atoms with E-state index in [4.69, 9.17) is 9.84 Å². The van der Waals surface area contributed by atoms with Crippen LogP contribution in [0.25, 0.3) is 0 Å². The van der Waals surface area contributed by atoms with E-state index in [1.165, 1.54) is 0 Å². The molecular weight excluding hydrogens is 288 g/mol. The maximum atomic E-state index is 11.8. The lowest BCUT2D eigenvalue weighted by Crippen LogP contribution is -2.35. The summed E-state index contributed by atoms with van der Waals surface area (Å²) in [5.74, 6) is -1.78. The fourth-order valence-electron chi connectivity index (χ4n) is 2.09. The fourth-order valence-corrected chi connectivity index (χ4v) is 2.09. The van der Waals surface area contributed by atoms with Crippen molar-refractivity contribution < 1.29 is 24.2 Å². The van der Waals surface area contributed by atoms with Crippen LogP contribution in [0.1, 0.15) is 16.8 Å². The van der Waals surface area contributed by atoms with Gasteiger partial charge in [-0.1, -0.05) is 0 Å². The first-order chi connectivity index (χ1) is 10.5. The zero-order valence-electron chi connectivity index (χ0n) is 12.2. The Hall–Kier alpha value is -2.57. The third-order valence-corrected chi connectivity index (χ3v) is 3.51. The Morgan fingerprint density at radius 1 is 1.14 bits per heavy atom. The molecule has 1 saturated carbocycles. The zero-order valence-corrected chi connectivity index (χ0v) is 12.2. The Kier molecular flexibility index (Phi) is 4.98. The van der Waals surface area contributed by atoms with Gasteiger partial charge < -0.3 is 20.5 Å². The van der Waals surface area contributed by atoms with Crippen molar-refractivity contribution in [3.8, 4) is 5.75 Å². The van der Waals surface area contributed by atoms with Crippen LogP contribution in [-0.4, -0.2) is 43.1 Å². The van der Waals surface area contributed by atoms with Crippen molar-refractivity contribution in [3.05, 3.63) is 29.8 Å². The van der Waals surface area contributed by atoms with Crippen molar-refractivity contribution in [2.24, 2.45) is 11.8 Å². The highest BCUT2D eigenvalue weighted by atomic mass is 16.5. The van der Waals surface area contributed by atoms with E-state index >= 15 is 0 Å². The molecule has 0 heterocycles. The highest BCUT2D eigenvalue weighted by Gasteiger charge is 2.48. The summed E-state index contributed by atoms with van der Waals surface area (Å²) in [7, 11) is 1.55. The maximum absolute atomic E-state index is 11.8. The molecule has 0 saturated heterocycles. The molecule has 1 aliphatic carbocycles. The molecular formula is C15H18N2O5. The molecule has 7 heteroatoms. The van der Waals surface area contributed by atoms with E-state index in [0.717, 1.165) is 0 Å². The van der Waals surface area contributed by atoms with Crippen LogP contribution in [0.5, 0.6) is 5.75 Å². The summed E-state index contributed by atoms with van der Waals surface area (Å²) in [6, 6.07) is 6.68. The van der Waals surface area contributed by atoms with Crippen molar-refractivity contribution in [3.63, 3.8) is 0 Å². The fraction of sp³-hybridized carbons (Fsp3) is 0.400. The first-order valence-corrected chi connectivity index (χ1v) is 6.95. The van der Waals surface area contributed by atoms with Gasteiger partial charge in [-0.2, -0.15) is 0 Å². The second-order valence-corrected chi connectivity index (χ2v) is 5.06. The van der Waals surface area contributed by atoms with E-state index in [9.17, 15) is 14.4 Å². The molecule has 118 valence electrons. The van der Waals surface area contributed by atoms with Gasteiger partial charge in [-0.3, -0.25) is 14.4 Å². The van der Waals surface area contributed by atoms with Gasteiger partial charge in [-0.25, -0.2) is 0 Å². The van der Waals surface area contributed by atoms with E-state index < -0.39 is 17.8 Å². The SMILES string of the molecule is COc1ccc(C(=O)NCCNC(=O)C2CC2C(=O)O)cc1. The summed E-state index contributed by atoms with van der Waals surface area (Å²) < 4.78 is 5.01. The molecule has 1 fully saturated rings. The molecule has 2 rings (SSSR count). The van der Waals surface area contributed by atoms with Crippen LogP contribution >= 0.6 is 0 Å². The van der Waals surface area contributed by atoms with Crippen LogP contribution in [0.2, 0.25) is 0 Å². The number of hydrogen-bond donors (Lipinski definition) is 3. The predicted octanol–water partition coefficient (Wildman–Crippen LogP) is 0.262. The number of hydrogen-bond acceptors (Lipinski definition) is 4. The lowest BCUT2D eigenvalue weighted by Gasteiger charge is -2.07. The summed E-state index contributed by atoms with van der Waals surface area (Å²) in [5, 5.41) is 14.0. The lowest BCUT2D eigenvalue weighted by atomic mass is 10.2. The van der Waals surface area contributed by atoms with Gasteiger partial charge in [0.25, 0.3) is 5.91 Å². The molecule has 7 nitrogen and oxygen atoms in total. The standard InChI is InChI=1S/C15H18N2O5/c1-22-10-4-2-9(3-5-10)13(18)16-6-7-17-14(19)11-8-12(11)15(20)21/h2-5,11-12H,6-8H2,1H3,(H,16,18)(H,17,19)(H,20,21). The van der Waals surface area contributed by atoms with E-state index in [2.05, 4.69) is 10.6 Å². The Labute approximate surface area is 127 Å². The second kappa shape index (κ2) is 6.93. The number of nitrogens with one attached hydrogen (secondary N) is 2. The van der Waals surface area contributed by atoms with Crippen molar-refractivity contribution in [2.45, 2.75) is 6.42 Å². The van der Waals surface area contributed by atoms with E-state index in [1.54, 1.807) is 31.4 Å². The number of carboxylic acid groups (broad SMARTS) is 1. The minimum Gasteiger partial charge on any atom is -0.497 e. The Morgan fingerprint density at radius 2 is 1.77 bits per heavy atom. The van der Waals surface area contributed by atoms with Gasteiger partial charge in [-0.05, 0) is 30.7 Å². The minimum atomic E-state index is -0.937. The Morgan fingerprint density at radius 3 is 2.32 bits per heavy atom. The molecule has 22 heavy (non-hydrogen) atoms. The first-order valence-electron chi connectivity index (χ1n) is 6.95. The lowest BCUT2D eigenvalue weighted by molar-refractivity contribution is -0.140. The number of amides is 2. The molecule has 0 spiro atoms. The van der Waals surface area contributed by atoms with Crippen LogP contribution in [-0.2, 0) is 9.59 Å². The van der Waals surface area contributed by atoms with Crippen LogP contribution in [0.15, 0.2) is 24.3 Å². The molecule has 0 radical (unpaired) electrons. The maximum Gasteiger partial charge on any atom is 0.307 e. The molecule has 1 aromatic rings. The number of carboxylic acids is 1. The highest BCUT2D eigenvalue weighted by Crippen LogP contribution is 2.38. The highest BCUT2D eigenvalue weighted by molar-refractivity contribution is 5.94. The molecule has 0 bridgehead atoms. The number of aliphatic carboxylic acids is 1. The van der Waals surface area contributed by atoms with E-state index in [0.29, 0.717) is 17.7 Å².